The van der Waals surface area contributed by atoms with Crippen LogP contribution in [0.25, 0.3) is 22.1 Å². The molecule has 0 radical (unpaired) electrons. The Labute approximate surface area is 350 Å². The van der Waals surface area contributed by atoms with Crippen LogP contribution in [0.1, 0.15) is 27.4 Å². The fourth-order valence-corrected chi connectivity index (χ4v) is 5.60. The number of nitrogens with zero attached hydrogens (tertiary/aromatic N) is 4. The largest absolute Gasteiger partial charge is 0.368 e. The predicted octanol–water partition coefficient (Wildman–Crippen LogP) is -6.13. The lowest BCUT2D eigenvalue weighted by molar-refractivity contribution is -0.134. The van der Waals surface area contributed by atoms with Crippen LogP contribution in [0.15, 0.2) is 60.9 Å². The summed E-state index contributed by atoms with van der Waals surface area (Å²) in [5.41, 5.74) is 12.5. The maximum atomic E-state index is 13.9. The van der Waals surface area contributed by atoms with E-state index < -0.39 is 129 Å². The second-order valence-electron chi connectivity index (χ2n) is 13.4. The molecule has 2 aromatic heterocycles. The first-order chi connectivity index (χ1) is 29.7. The van der Waals surface area contributed by atoms with Gasteiger partial charge in [0.2, 0.25) is 47.3 Å². The molecule has 4 aromatic rings. The lowest BCUT2D eigenvalue weighted by Gasteiger charge is -2.24. The number of fused-ring (bicyclic) bond motifs is 2. The number of carbonyl (C=O) groups is 10. The molecule has 25 heteroatoms. The zero-order valence-corrected chi connectivity index (χ0v) is 32.6. The smallest absolute Gasteiger partial charge is 0.271 e. The van der Waals surface area contributed by atoms with Crippen molar-refractivity contribution in [2.75, 3.05) is 39.3 Å². The van der Waals surface area contributed by atoms with Gasteiger partial charge in [0.25, 0.3) is 11.8 Å². The molecule has 2 aromatic carbocycles. The molecular formula is C37H41N15O10. The number of primary amides is 1. The predicted molar refractivity (Wildman–Crippen MR) is 213 cm³/mol. The molecule has 3 heterocycles. The number of carbonyl (C=O) groups excluding carboxylic acids is 10. The van der Waals surface area contributed by atoms with Crippen LogP contribution in [0.2, 0.25) is 0 Å². The van der Waals surface area contributed by atoms with Crippen LogP contribution >= 0.6 is 0 Å². The van der Waals surface area contributed by atoms with Crippen molar-refractivity contribution in [3.63, 3.8) is 0 Å². The average Bonchev–Trinajstić information content (AvgIpc) is 3.27. The number of amides is 10. The second-order valence-corrected chi connectivity index (χ2v) is 13.4. The highest BCUT2D eigenvalue weighted by Crippen LogP contribution is 2.10. The fourth-order valence-electron chi connectivity index (χ4n) is 5.60. The Morgan fingerprint density at radius 3 is 1.55 bits per heavy atom. The number of benzene rings is 2. The molecule has 25 nitrogen and oxygen atoms in total. The van der Waals surface area contributed by atoms with E-state index in [9.17, 15) is 47.9 Å². The summed E-state index contributed by atoms with van der Waals surface area (Å²) in [5, 5.41) is 20.8. The molecule has 1 fully saturated rings. The highest BCUT2D eigenvalue weighted by atomic mass is 16.2. The van der Waals surface area contributed by atoms with E-state index in [4.69, 9.17) is 11.5 Å². The molecule has 1 aliphatic heterocycles. The Bertz CT molecular complexity index is 2410. The minimum atomic E-state index is -1.69. The maximum Gasteiger partial charge on any atom is 0.271 e. The lowest BCUT2D eigenvalue weighted by atomic mass is 10.1. The summed E-state index contributed by atoms with van der Waals surface area (Å²) in [4.78, 5) is 147. The average molecular weight is 856 g/mol. The van der Waals surface area contributed by atoms with Crippen LogP contribution in [-0.2, 0) is 38.4 Å². The van der Waals surface area contributed by atoms with Crippen LogP contribution in [0.3, 0.4) is 0 Å². The van der Waals surface area contributed by atoms with Crippen molar-refractivity contribution in [1.82, 2.24) is 67.8 Å². The Morgan fingerprint density at radius 1 is 0.565 bits per heavy atom. The van der Waals surface area contributed by atoms with Gasteiger partial charge in [-0.25, -0.2) is 9.97 Å². The molecule has 1 aliphatic rings. The van der Waals surface area contributed by atoms with Crippen LogP contribution in [0.4, 0.5) is 0 Å². The van der Waals surface area contributed by atoms with E-state index in [2.05, 4.69) is 67.8 Å². The van der Waals surface area contributed by atoms with Gasteiger partial charge in [-0.2, -0.15) is 0 Å². The molecule has 1 saturated heterocycles. The molecule has 4 atom stereocenters. The first-order valence-corrected chi connectivity index (χ1v) is 18.7. The van der Waals surface area contributed by atoms with E-state index >= 15 is 0 Å². The number of para-hydroxylation sites is 4. The van der Waals surface area contributed by atoms with Crippen molar-refractivity contribution in [3.05, 3.63) is 72.3 Å². The summed E-state index contributed by atoms with van der Waals surface area (Å²) < 4.78 is 0. The summed E-state index contributed by atoms with van der Waals surface area (Å²) in [7, 11) is 0. The molecule has 0 saturated carbocycles. The molecule has 3 unspecified atom stereocenters. The van der Waals surface area contributed by atoms with Crippen LogP contribution < -0.4 is 59.3 Å². The zero-order chi connectivity index (χ0) is 44.8. The Kier molecular flexibility index (Phi) is 15.3. The molecule has 62 heavy (non-hydrogen) atoms. The highest BCUT2D eigenvalue weighted by Gasteiger charge is 2.30. The second kappa shape index (κ2) is 21.2. The van der Waals surface area contributed by atoms with E-state index in [-0.39, 0.29) is 11.4 Å². The Hall–Kier alpha value is -8.22. The molecule has 0 bridgehead atoms. The number of nitrogens with one attached hydrogen (secondary N) is 9. The van der Waals surface area contributed by atoms with Gasteiger partial charge in [0, 0.05) is 19.6 Å². The van der Waals surface area contributed by atoms with Crippen molar-refractivity contribution < 1.29 is 47.9 Å². The van der Waals surface area contributed by atoms with Gasteiger partial charge in [-0.1, -0.05) is 24.3 Å². The quantitative estimate of drug-likeness (QED) is 0.0786. The Balaban J connectivity index is 1.39. The zero-order valence-electron chi connectivity index (χ0n) is 32.6. The van der Waals surface area contributed by atoms with Gasteiger partial charge >= 0.3 is 0 Å². The number of hydrogen-bond acceptors (Lipinski definition) is 15. The number of rotatable bonds is 8. The van der Waals surface area contributed by atoms with Gasteiger partial charge in [0.15, 0.2) is 0 Å². The first-order valence-electron chi connectivity index (χ1n) is 18.7. The molecular weight excluding hydrogens is 815 g/mol. The highest BCUT2D eigenvalue weighted by molar-refractivity contribution is 5.99. The molecule has 5 rings (SSSR count). The van der Waals surface area contributed by atoms with Crippen molar-refractivity contribution in [1.29, 1.82) is 0 Å². The van der Waals surface area contributed by atoms with Gasteiger partial charge in [-0.05, 0) is 24.3 Å². The number of hydrogen-bond donors (Lipinski definition) is 11. The van der Waals surface area contributed by atoms with Crippen LogP contribution in [0.5, 0.6) is 0 Å². The van der Waals surface area contributed by atoms with E-state index in [1.807, 2.05) is 0 Å². The summed E-state index contributed by atoms with van der Waals surface area (Å²) in [5.74, 6) is -9.69. The third-order valence-electron chi connectivity index (χ3n) is 8.83. The third-order valence-corrected chi connectivity index (χ3v) is 8.83. The number of aromatic nitrogens is 4. The van der Waals surface area contributed by atoms with Crippen molar-refractivity contribution in [2.45, 2.75) is 30.6 Å². The van der Waals surface area contributed by atoms with E-state index in [1.165, 1.54) is 12.4 Å². The van der Waals surface area contributed by atoms with Gasteiger partial charge < -0.3 is 59.3 Å². The monoisotopic (exact) mass is 855 g/mol. The summed E-state index contributed by atoms with van der Waals surface area (Å²) in [6.45, 7) is -4.01. The Morgan fingerprint density at radius 2 is 1.02 bits per heavy atom. The van der Waals surface area contributed by atoms with E-state index in [0.717, 1.165) is 0 Å². The van der Waals surface area contributed by atoms with Crippen LogP contribution in [-0.4, -0.2) is 142 Å². The van der Waals surface area contributed by atoms with Crippen molar-refractivity contribution in [3.8, 4) is 0 Å². The van der Waals surface area contributed by atoms with Gasteiger partial charge in [-0.3, -0.25) is 57.9 Å². The fraction of sp³-hybridized carbons (Fsp3) is 0.297. The molecule has 0 spiro atoms. The van der Waals surface area contributed by atoms with E-state index in [0.29, 0.717) is 22.1 Å². The van der Waals surface area contributed by atoms with Crippen molar-refractivity contribution in [2.24, 2.45) is 11.5 Å². The summed E-state index contributed by atoms with van der Waals surface area (Å²) in [6.07, 6.45) is 1.61. The molecule has 10 amide bonds. The topological polar surface area (TPSA) is 383 Å². The van der Waals surface area contributed by atoms with E-state index in [1.54, 1.807) is 48.5 Å². The minimum absolute atomic E-state index is 0.145. The molecule has 324 valence electrons. The van der Waals surface area contributed by atoms with Crippen molar-refractivity contribution >= 4 is 81.1 Å². The minimum Gasteiger partial charge on any atom is -0.368 e. The van der Waals surface area contributed by atoms with Crippen LogP contribution in [0, 0.1) is 0 Å². The summed E-state index contributed by atoms with van der Waals surface area (Å²) in [6, 6.07) is 7.00. The number of nitrogens with two attached hydrogens (primary N) is 2. The standard InChI is InChI=1S/C37H41N15O10/c38-10-23-33(58)45-15-29(54)42-16-30(55)51-27(14-44-35(60)25-12-41-19-6-2-4-8-21(19)48-25)37(62)52-26(13-43-34(59)24-11-40-18-5-1-3-7-20(18)47-24)36(61)46-17-31(56)49-22(32(39)57)9-28(53)50-23/h1-8,11-12,22-23,26-27H,9-10,13-17,38H2,(H2,39,57)(H,42,54)(H,43,59)(H,44,60)(H,45,58)(H,46,61)(H,49,56)(H,50,53)(H,51,55)(H,52,62)/t22-,23?,26?,27?/m0/s1. The van der Waals surface area contributed by atoms with Gasteiger partial charge in [0.05, 0.1) is 60.5 Å². The van der Waals surface area contributed by atoms with Gasteiger partial charge in [-0.15, -0.1) is 0 Å². The van der Waals surface area contributed by atoms with Gasteiger partial charge in [0.1, 0.15) is 35.6 Å². The normalized spacial score (nSPS) is 20.0. The summed E-state index contributed by atoms with van der Waals surface area (Å²) >= 11 is 0. The lowest BCUT2D eigenvalue weighted by Crippen LogP contribution is -2.60. The molecule has 0 aliphatic carbocycles. The maximum absolute atomic E-state index is 13.9. The third kappa shape index (κ3) is 12.6. The first kappa shape index (κ1) is 44.9. The molecule has 13 N–H and O–H groups in total. The SMILES string of the molecule is NCC1NC(=O)C[C@@H](C(N)=O)NC(=O)CNC(=O)C(CNC(=O)c2cnc3ccccc3n2)NC(=O)C(CNC(=O)c2cnc3ccccc3n2)NC(=O)CNC(=O)CNC1=O.